The molecule has 0 saturated carbocycles. The number of piperidine rings is 1. The van der Waals surface area contributed by atoms with Crippen molar-refractivity contribution >= 4 is 16.0 Å². The molecule has 1 atom stereocenters. The predicted octanol–water partition coefficient (Wildman–Crippen LogP) is 1.43. The van der Waals surface area contributed by atoms with Crippen molar-refractivity contribution in [2.75, 3.05) is 26.7 Å². The maximum Gasteiger partial charge on any atom is 0.342 e. The van der Waals surface area contributed by atoms with E-state index in [0.717, 1.165) is 19.3 Å². The van der Waals surface area contributed by atoms with Gasteiger partial charge in [-0.15, -0.1) is 0 Å². The first kappa shape index (κ1) is 18.0. The fraction of sp³-hybridized carbons (Fsp3) is 0.667. The molecule has 8 heteroatoms. The highest BCUT2D eigenvalue weighted by atomic mass is 32.2. The second-order valence-corrected chi connectivity index (χ2v) is 7.73. The molecule has 1 aromatic rings. The Morgan fingerprint density at radius 2 is 2.09 bits per heavy atom. The Kier molecular flexibility index (Phi) is 5.49. The highest BCUT2D eigenvalue weighted by molar-refractivity contribution is 7.89. The van der Waals surface area contributed by atoms with Crippen LogP contribution in [0.4, 0.5) is 0 Å². The Balaban J connectivity index is 2.42. The predicted molar refractivity (Wildman–Crippen MR) is 84.7 cm³/mol. The first-order chi connectivity index (χ1) is 10.8. The van der Waals surface area contributed by atoms with Crippen molar-refractivity contribution in [2.45, 2.75) is 38.0 Å². The minimum atomic E-state index is -3.81. The fourth-order valence-electron chi connectivity index (χ4n) is 3.16. The van der Waals surface area contributed by atoms with E-state index >= 15 is 0 Å². The molecule has 7 nitrogen and oxygen atoms in total. The van der Waals surface area contributed by atoms with E-state index in [9.17, 15) is 13.2 Å². The lowest BCUT2D eigenvalue weighted by molar-refractivity contribution is 0.0594. The van der Waals surface area contributed by atoms with E-state index in [1.165, 1.54) is 11.4 Å². The van der Waals surface area contributed by atoms with Gasteiger partial charge in [-0.3, -0.25) is 0 Å². The highest BCUT2D eigenvalue weighted by Gasteiger charge is 2.37. The summed E-state index contributed by atoms with van der Waals surface area (Å²) >= 11 is 0. The van der Waals surface area contributed by atoms with Gasteiger partial charge in [0.05, 0.1) is 7.11 Å². The van der Waals surface area contributed by atoms with Gasteiger partial charge in [-0.05, 0) is 45.6 Å². The lowest BCUT2D eigenvalue weighted by atomic mass is 9.96. The molecule has 1 aromatic heterocycles. The van der Waals surface area contributed by atoms with Crippen LogP contribution < -0.4 is 5.73 Å². The number of hydrogen-bond acceptors (Lipinski definition) is 6. The quantitative estimate of drug-likeness (QED) is 0.811. The number of carbonyl (C=O) groups is 1. The number of nitrogens with zero attached hydrogens (tertiary/aromatic N) is 1. The van der Waals surface area contributed by atoms with Gasteiger partial charge < -0.3 is 14.9 Å². The van der Waals surface area contributed by atoms with E-state index in [0.29, 0.717) is 19.6 Å². The van der Waals surface area contributed by atoms with Gasteiger partial charge in [0.1, 0.15) is 22.0 Å². The molecule has 0 radical (unpaired) electrons. The molecule has 1 aliphatic heterocycles. The maximum atomic E-state index is 13.0. The average Bonchev–Trinajstić information content (AvgIpc) is 2.82. The van der Waals surface area contributed by atoms with Gasteiger partial charge in [0.25, 0.3) is 0 Å². The Labute approximate surface area is 136 Å². The van der Waals surface area contributed by atoms with Crippen LogP contribution in [0.15, 0.2) is 9.31 Å². The number of carbonyl (C=O) groups excluding carboxylic acids is 1. The molecule has 1 unspecified atom stereocenters. The molecule has 0 aliphatic carbocycles. The molecule has 0 amide bonds. The van der Waals surface area contributed by atoms with E-state index in [1.54, 1.807) is 13.8 Å². The van der Waals surface area contributed by atoms with Crippen LogP contribution in [-0.2, 0) is 14.8 Å². The van der Waals surface area contributed by atoms with Crippen LogP contribution in [0.3, 0.4) is 0 Å². The van der Waals surface area contributed by atoms with Gasteiger partial charge >= 0.3 is 5.97 Å². The number of methoxy groups -OCH3 is 1. The molecule has 1 aliphatic rings. The lowest BCUT2D eigenvalue weighted by Gasteiger charge is -2.31. The first-order valence-electron chi connectivity index (χ1n) is 7.71. The summed E-state index contributed by atoms with van der Waals surface area (Å²) in [6.45, 7) is 4.51. The van der Waals surface area contributed by atoms with Crippen LogP contribution in [0, 0.1) is 19.8 Å². The van der Waals surface area contributed by atoms with E-state index < -0.39 is 16.0 Å². The van der Waals surface area contributed by atoms with Gasteiger partial charge in [0.15, 0.2) is 0 Å². The van der Waals surface area contributed by atoms with Crippen molar-refractivity contribution in [1.82, 2.24) is 4.31 Å². The number of furan rings is 1. The van der Waals surface area contributed by atoms with Crippen molar-refractivity contribution in [3.8, 4) is 0 Å². The van der Waals surface area contributed by atoms with Crippen LogP contribution in [0.25, 0.3) is 0 Å². The zero-order valence-corrected chi connectivity index (χ0v) is 14.6. The summed E-state index contributed by atoms with van der Waals surface area (Å²) in [5.74, 6) is 0.0131. The molecule has 2 heterocycles. The van der Waals surface area contributed by atoms with Crippen LogP contribution in [0.5, 0.6) is 0 Å². The van der Waals surface area contributed by atoms with Gasteiger partial charge in [0, 0.05) is 13.1 Å². The molecule has 1 fully saturated rings. The Morgan fingerprint density at radius 3 is 2.70 bits per heavy atom. The average molecular weight is 344 g/mol. The number of aryl methyl sites for hydroxylation is 2. The van der Waals surface area contributed by atoms with Crippen LogP contribution >= 0.6 is 0 Å². The lowest BCUT2D eigenvalue weighted by Crippen LogP contribution is -2.41. The number of esters is 1. The summed E-state index contributed by atoms with van der Waals surface area (Å²) in [6.07, 6.45) is 2.54. The van der Waals surface area contributed by atoms with E-state index in [2.05, 4.69) is 0 Å². The summed E-state index contributed by atoms with van der Waals surface area (Å²) in [5, 5.41) is 0. The summed E-state index contributed by atoms with van der Waals surface area (Å²) in [6, 6.07) is 0. The monoisotopic (exact) mass is 344 g/mol. The molecule has 130 valence electrons. The van der Waals surface area contributed by atoms with Crippen LogP contribution in [-0.4, -0.2) is 45.4 Å². The van der Waals surface area contributed by atoms with Crippen molar-refractivity contribution in [1.29, 1.82) is 0 Å². The summed E-state index contributed by atoms with van der Waals surface area (Å²) in [7, 11) is -2.59. The van der Waals surface area contributed by atoms with Crippen molar-refractivity contribution in [2.24, 2.45) is 11.7 Å². The fourth-order valence-corrected chi connectivity index (χ4v) is 5.08. The summed E-state index contributed by atoms with van der Waals surface area (Å²) < 4.78 is 37.6. The van der Waals surface area contributed by atoms with Crippen molar-refractivity contribution < 1.29 is 22.4 Å². The standard InChI is InChI=1S/C15H24N2O5S/c1-10-13(15(18)21-3)14(11(2)22-10)23(19,20)17-8-4-5-12(9-17)6-7-16/h12H,4-9,16H2,1-3H3. The van der Waals surface area contributed by atoms with Crippen LogP contribution in [0.1, 0.15) is 41.1 Å². The van der Waals surface area contributed by atoms with Gasteiger partial charge in [0.2, 0.25) is 10.0 Å². The van der Waals surface area contributed by atoms with Crippen LogP contribution in [0.2, 0.25) is 0 Å². The van der Waals surface area contributed by atoms with E-state index in [1.807, 2.05) is 0 Å². The number of nitrogens with two attached hydrogens (primary N) is 1. The van der Waals surface area contributed by atoms with Crippen molar-refractivity contribution in [3.05, 3.63) is 17.1 Å². The molecule has 23 heavy (non-hydrogen) atoms. The third kappa shape index (κ3) is 3.44. The molecular formula is C15H24N2O5S. The smallest absolute Gasteiger partial charge is 0.342 e. The topological polar surface area (TPSA) is 103 Å². The maximum absolute atomic E-state index is 13.0. The molecule has 0 bridgehead atoms. The largest absolute Gasteiger partial charge is 0.465 e. The number of rotatable bonds is 5. The van der Waals surface area contributed by atoms with Gasteiger partial charge in [-0.2, -0.15) is 4.31 Å². The molecular weight excluding hydrogens is 320 g/mol. The SMILES string of the molecule is COC(=O)c1c(C)oc(C)c1S(=O)(=O)N1CCCC(CCN)C1. The molecule has 2 N–H and O–H groups in total. The first-order valence-corrected chi connectivity index (χ1v) is 9.15. The Hall–Kier alpha value is -1.38. The minimum Gasteiger partial charge on any atom is -0.465 e. The number of ether oxygens (including phenoxy) is 1. The molecule has 2 rings (SSSR count). The number of hydrogen-bond donors (Lipinski definition) is 1. The van der Waals surface area contributed by atoms with Crippen molar-refractivity contribution in [3.63, 3.8) is 0 Å². The Morgan fingerprint density at radius 1 is 1.39 bits per heavy atom. The Bertz CT molecular complexity index is 678. The molecule has 1 saturated heterocycles. The molecule has 0 aromatic carbocycles. The summed E-state index contributed by atoms with van der Waals surface area (Å²) in [4.78, 5) is 11.9. The third-order valence-corrected chi connectivity index (χ3v) is 6.27. The normalized spacial score (nSPS) is 19.7. The minimum absolute atomic E-state index is 0.00838. The summed E-state index contributed by atoms with van der Waals surface area (Å²) in [5.41, 5.74) is 5.58. The van der Waals surface area contributed by atoms with Gasteiger partial charge in [-0.25, -0.2) is 13.2 Å². The van der Waals surface area contributed by atoms with Gasteiger partial charge in [-0.1, -0.05) is 0 Å². The third-order valence-electron chi connectivity index (χ3n) is 4.25. The zero-order chi connectivity index (χ0) is 17.2. The zero-order valence-electron chi connectivity index (χ0n) is 13.8. The molecule has 0 spiro atoms. The van der Waals surface area contributed by atoms with E-state index in [-0.39, 0.29) is 27.9 Å². The second kappa shape index (κ2) is 7.02. The second-order valence-electron chi connectivity index (χ2n) is 5.86. The van der Waals surface area contributed by atoms with E-state index in [4.69, 9.17) is 14.9 Å². The highest BCUT2D eigenvalue weighted by Crippen LogP contribution is 2.32. The number of sulfonamides is 1.